The highest BCUT2D eigenvalue weighted by atomic mass is 35.5. The summed E-state index contributed by atoms with van der Waals surface area (Å²) in [6.45, 7) is 5.84. The molecular weight excluding hydrogens is 284 g/mol. The Morgan fingerprint density at radius 2 is 2.05 bits per heavy atom. The lowest BCUT2D eigenvalue weighted by atomic mass is 10.1. The fourth-order valence-corrected chi connectivity index (χ4v) is 2.16. The summed E-state index contributed by atoms with van der Waals surface area (Å²) in [6, 6.07) is 8.50. The average Bonchev–Trinajstić information content (AvgIpc) is 2.48. The van der Waals surface area contributed by atoms with E-state index in [1.165, 1.54) is 11.1 Å². The van der Waals surface area contributed by atoms with Crippen molar-refractivity contribution in [3.8, 4) is 0 Å². The number of rotatable bonds is 7. The number of nitrogens with one attached hydrogen (secondary N) is 2. The van der Waals surface area contributed by atoms with Crippen molar-refractivity contribution < 1.29 is 0 Å². The molecule has 2 aromatic rings. The first-order chi connectivity index (χ1) is 10.2. The molecule has 112 valence electrons. The molecule has 0 saturated carbocycles. The summed E-state index contributed by atoms with van der Waals surface area (Å²) in [7, 11) is 0. The Kier molecular flexibility index (Phi) is 5.81. The predicted octanol–water partition coefficient (Wildman–Crippen LogP) is 3.91. The summed E-state index contributed by atoms with van der Waals surface area (Å²) < 4.78 is 0. The molecule has 1 aromatic heterocycles. The van der Waals surface area contributed by atoms with Gasteiger partial charge in [-0.2, -0.15) is 4.98 Å². The lowest BCUT2D eigenvalue weighted by Gasteiger charge is -2.10. The van der Waals surface area contributed by atoms with E-state index in [1.54, 1.807) is 6.20 Å². The molecule has 0 radical (unpaired) electrons. The predicted molar refractivity (Wildman–Crippen MR) is 89.2 cm³/mol. The number of aromatic nitrogens is 2. The van der Waals surface area contributed by atoms with Gasteiger partial charge in [0.05, 0.1) is 6.20 Å². The normalized spacial score (nSPS) is 10.4. The van der Waals surface area contributed by atoms with Crippen LogP contribution >= 0.6 is 11.6 Å². The maximum atomic E-state index is 6.12. The van der Waals surface area contributed by atoms with Gasteiger partial charge in [-0.15, -0.1) is 0 Å². The monoisotopic (exact) mass is 304 g/mol. The van der Waals surface area contributed by atoms with Gasteiger partial charge in [0.15, 0.2) is 0 Å². The smallest absolute Gasteiger partial charge is 0.224 e. The summed E-state index contributed by atoms with van der Waals surface area (Å²) in [5.74, 6) is 1.29. The Hall–Kier alpha value is -1.81. The van der Waals surface area contributed by atoms with Crippen LogP contribution < -0.4 is 10.6 Å². The van der Waals surface area contributed by atoms with Gasteiger partial charge in [-0.25, -0.2) is 4.98 Å². The summed E-state index contributed by atoms with van der Waals surface area (Å²) in [5.41, 5.74) is 2.58. The number of hydrogen-bond acceptors (Lipinski definition) is 4. The first-order valence-corrected chi connectivity index (χ1v) is 7.62. The molecule has 2 rings (SSSR count). The second-order valence-electron chi connectivity index (χ2n) is 4.98. The van der Waals surface area contributed by atoms with E-state index in [9.17, 15) is 0 Å². The van der Waals surface area contributed by atoms with E-state index in [4.69, 9.17) is 11.6 Å². The molecule has 0 spiro atoms. The third kappa shape index (κ3) is 4.90. The van der Waals surface area contributed by atoms with Crippen LogP contribution in [0.1, 0.15) is 24.5 Å². The van der Waals surface area contributed by atoms with Crippen LogP contribution in [0.5, 0.6) is 0 Å². The molecular formula is C16H21ClN4. The van der Waals surface area contributed by atoms with E-state index in [0.717, 1.165) is 25.9 Å². The maximum absolute atomic E-state index is 6.12. The van der Waals surface area contributed by atoms with Gasteiger partial charge in [-0.05, 0) is 25.3 Å². The highest BCUT2D eigenvalue weighted by Gasteiger charge is 2.04. The SMILES string of the molecule is CCCNc1ncc(Cl)c(NCCc2cccc(C)c2)n1. The van der Waals surface area contributed by atoms with Crippen molar-refractivity contribution in [3.05, 3.63) is 46.6 Å². The molecule has 0 aliphatic carbocycles. The second-order valence-corrected chi connectivity index (χ2v) is 5.39. The molecule has 0 unspecified atom stereocenters. The molecule has 0 aliphatic rings. The largest absolute Gasteiger partial charge is 0.368 e. The fraction of sp³-hybridized carbons (Fsp3) is 0.375. The van der Waals surface area contributed by atoms with Crippen LogP contribution in [0.25, 0.3) is 0 Å². The van der Waals surface area contributed by atoms with Gasteiger partial charge in [-0.3, -0.25) is 0 Å². The Bertz CT molecular complexity index is 586. The molecule has 0 aliphatic heterocycles. The highest BCUT2D eigenvalue weighted by molar-refractivity contribution is 6.32. The molecule has 0 amide bonds. The maximum Gasteiger partial charge on any atom is 0.224 e. The molecule has 4 nitrogen and oxygen atoms in total. The molecule has 1 aromatic carbocycles. The minimum absolute atomic E-state index is 0.543. The third-order valence-corrected chi connectivity index (χ3v) is 3.34. The lowest BCUT2D eigenvalue weighted by Crippen LogP contribution is -2.10. The summed E-state index contributed by atoms with van der Waals surface area (Å²) >= 11 is 6.12. The fourth-order valence-electron chi connectivity index (χ4n) is 2.01. The Labute approximate surface area is 131 Å². The van der Waals surface area contributed by atoms with Gasteiger partial charge in [0.1, 0.15) is 10.8 Å². The van der Waals surface area contributed by atoms with E-state index in [2.05, 4.69) is 58.7 Å². The van der Waals surface area contributed by atoms with Crippen molar-refractivity contribution in [2.75, 3.05) is 23.7 Å². The minimum atomic E-state index is 0.543. The number of halogens is 1. The molecule has 0 saturated heterocycles. The number of benzene rings is 1. The van der Waals surface area contributed by atoms with Gasteiger partial charge >= 0.3 is 0 Å². The molecule has 0 bridgehead atoms. The van der Waals surface area contributed by atoms with Crippen molar-refractivity contribution >= 4 is 23.4 Å². The zero-order valence-corrected chi connectivity index (χ0v) is 13.2. The minimum Gasteiger partial charge on any atom is -0.368 e. The van der Waals surface area contributed by atoms with E-state index in [-0.39, 0.29) is 0 Å². The number of nitrogens with zero attached hydrogens (tertiary/aromatic N) is 2. The Morgan fingerprint density at radius 1 is 1.19 bits per heavy atom. The van der Waals surface area contributed by atoms with Gasteiger partial charge in [0.25, 0.3) is 0 Å². The molecule has 1 heterocycles. The summed E-state index contributed by atoms with van der Waals surface area (Å²) in [6.07, 6.45) is 3.59. The number of anilines is 2. The third-order valence-electron chi connectivity index (χ3n) is 3.07. The quantitative estimate of drug-likeness (QED) is 0.814. The average molecular weight is 305 g/mol. The lowest BCUT2D eigenvalue weighted by molar-refractivity contribution is 0.946. The van der Waals surface area contributed by atoms with Crippen molar-refractivity contribution in [1.82, 2.24) is 9.97 Å². The van der Waals surface area contributed by atoms with Crippen molar-refractivity contribution in [1.29, 1.82) is 0 Å². The highest BCUT2D eigenvalue weighted by Crippen LogP contribution is 2.19. The zero-order chi connectivity index (χ0) is 15.1. The first-order valence-electron chi connectivity index (χ1n) is 7.25. The van der Waals surface area contributed by atoms with E-state index >= 15 is 0 Å². The molecule has 0 atom stereocenters. The standard InChI is InChI=1S/C16H21ClN4/c1-3-8-19-16-20-11-14(17)15(21-16)18-9-7-13-6-4-5-12(2)10-13/h4-6,10-11H,3,7-9H2,1-2H3,(H2,18,19,20,21). The van der Waals surface area contributed by atoms with Crippen LogP contribution in [0.3, 0.4) is 0 Å². The van der Waals surface area contributed by atoms with E-state index in [1.807, 2.05) is 0 Å². The van der Waals surface area contributed by atoms with Crippen LogP contribution in [0, 0.1) is 6.92 Å². The summed E-state index contributed by atoms with van der Waals surface area (Å²) in [4.78, 5) is 8.55. The topological polar surface area (TPSA) is 49.8 Å². The van der Waals surface area contributed by atoms with E-state index in [0.29, 0.717) is 16.8 Å². The second kappa shape index (κ2) is 7.84. The van der Waals surface area contributed by atoms with Gasteiger partial charge in [-0.1, -0.05) is 48.4 Å². The number of aryl methyl sites for hydroxylation is 1. The van der Waals surface area contributed by atoms with Gasteiger partial charge < -0.3 is 10.6 Å². The van der Waals surface area contributed by atoms with Crippen LogP contribution in [0.4, 0.5) is 11.8 Å². The first kappa shape index (κ1) is 15.6. The van der Waals surface area contributed by atoms with E-state index < -0.39 is 0 Å². The Morgan fingerprint density at radius 3 is 2.81 bits per heavy atom. The van der Waals surface area contributed by atoms with Crippen molar-refractivity contribution in [2.45, 2.75) is 26.7 Å². The van der Waals surface area contributed by atoms with Crippen molar-refractivity contribution in [2.24, 2.45) is 0 Å². The van der Waals surface area contributed by atoms with Crippen LogP contribution in [-0.2, 0) is 6.42 Å². The molecule has 21 heavy (non-hydrogen) atoms. The summed E-state index contributed by atoms with van der Waals surface area (Å²) in [5, 5.41) is 6.97. The van der Waals surface area contributed by atoms with Gasteiger partial charge in [0, 0.05) is 13.1 Å². The van der Waals surface area contributed by atoms with Crippen LogP contribution in [-0.4, -0.2) is 23.1 Å². The van der Waals surface area contributed by atoms with Crippen molar-refractivity contribution in [3.63, 3.8) is 0 Å². The molecule has 2 N–H and O–H groups in total. The Balaban J connectivity index is 1.92. The zero-order valence-electron chi connectivity index (χ0n) is 12.5. The van der Waals surface area contributed by atoms with Crippen LogP contribution in [0.2, 0.25) is 5.02 Å². The molecule has 0 fully saturated rings. The molecule has 5 heteroatoms. The van der Waals surface area contributed by atoms with Gasteiger partial charge in [0.2, 0.25) is 5.95 Å². The van der Waals surface area contributed by atoms with Crippen LogP contribution in [0.15, 0.2) is 30.5 Å². The number of hydrogen-bond donors (Lipinski definition) is 2.